The quantitative estimate of drug-likeness (QED) is 0.534. The normalized spacial score (nSPS) is 26.2. The van der Waals surface area contributed by atoms with Gasteiger partial charge >= 0.3 is 0 Å². The molecule has 1 aromatic rings. The largest absolute Gasteiger partial charge is 0.332 e. The highest BCUT2D eigenvalue weighted by atomic mass is 16.2. The molecule has 174 valence electrons. The van der Waals surface area contributed by atoms with E-state index in [0.29, 0.717) is 11.9 Å². The topological polar surface area (TPSA) is 51.0 Å². The summed E-state index contributed by atoms with van der Waals surface area (Å²) in [6.07, 6.45) is 25.8. The minimum atomic E-state index is 0.0977. The Kier molecular flexibility index (Phi) is 8.83. The van der Waals surface area contributed by atoms with E-state index < -0.39 is 0 Å². The molecule has 3 fully saturated rings. The molecule has 4 rings (SSSR count). The van der Waals surface area contributed by atoms with Gasteiger partial charge in [0.05, 0.1) is 12.1 Å². The lowest BCUT2D eigenvalue weighted by molar-refractivity contribution is -0.137. The van der Waals surface area contributed by atoms with Crippen LogP contribution in [0.1, 0.15) is 140 Å². The van der Waals surface area contributed by atoms with E-state index in [-0.39, 0.29) is 12.0 Å². The zero-order chi connectivity index (χ0) is 21.3. The van der Waals surface area contributed by atoms with Crippen molar-refractivity contribution in [1.82, 2.24) is 19.7 Å². The highest BCUT2D eigenvalue weighted by molar-refractivity contribution is 5.79. The monoisotopic (exact) mass is 428 g/mol. The van der Waals surface area contributed by atoms with Crippen molar-refractivity contribution >= 4 is 5.91 Å². The number of hydrogen-bond donors (Lipinski definition) is 0. The molecule has 2 aliphatic carbocycles. The van der Waals surface area contributed by atoms with Gasteiger partial charge in [-0.3, -0.25) is 4.79 Å². The minimum Gasteiger partial charge on any atom is -0.332 e. The van der Waals surface area contributed by atoms with Crippen LogP contribution in [-0.4, -0.2) is 32.1 Å². The molecule has 0 aromatic carbocycles. The first kappa shape index (κ1) is 22.8. The molecule has 1 aliphatic heterocycles. The number of rotatable bonds is 3. The van der Waals surface area contributed by atoms with Crippen LogP contribution in [0, 0.1) is 5.92 Å². The highest BCUT2D eigenvalue weighted by Crippen LogP contribution is 2.34. The fourth-order valence-corrected chi connectivity index (χ4v) is 6.08. The molecule has 31 heavy (non-hydrogen) atoms. The number of carbonyl (C=O) groups is 1. The summed E-state index contributed by atoms with van der Waals surface area (Å²) >= 11 is 0. The molecule has 1 atom stereocenters. The second kappa shape index (κ2) is 12.0. The van der Waals surface area contributed by atoms with Gasteiger partial charge in [0.1, 0.15) is 6.33 Å². The first-order valence-electron chi connectivity index (χ1n) is 13.5. The molecule has 2 saturated carbocycles. The predicted octanol–water partition coefficient (Wildman–Crippen LogP) is 6.76. The predicted molar refractivity (Wildman–Crippen MR) is 125 cm³/mol. The van der Waals surface area contributed by atoms with Crippen molar-refractivity contribution in [2.75, 3.05) is 6.54 Å². The summed E-state index contributed by atoms with van der Waals surface area (Å²) in [5.41, 5.74) is 0. The molecule has 1 amide bonds. The van der Waals surface area contributed by atoms with E-state index in [1.165, 1.54) is 96.3 Å². The van der Waals surface area contributed by atoms with E-state index in [0.717, 1.165) is 38.1 Å². The van der Waals surface area contributed by atoms with Gasteiger partial charge < -0.3 is 4.90 Å². The van der Waals surface area contributed by atoms with E-state index >= 15 is 0 Å². The summed E-state index contributed by atoms with van der Waals surface area (Å²) in [4.78, 5) is 20.4. The van der Waals surface area contributed by atoms with E-state index in [1.54, 1.807) is 0 Å². The average molecular weight is 429 g/mol. The van der Waals surface area contributed by atoms with Gasteiger partial charge in [-0.25, -0.2) is 9.67 Å². The average Bonchev–Trinajstić information content (AvgIpc) is 3.48. The Morgan fingerprint density at radius 1 is 0.710 bits per heavy atom. The minimum absolute atomic E-state index is 0.0977. The van der Waals surface area contributed by atoms with E-state index in [2.05, 4.69) is 9.58 Å². The highest BCUT2D eigenvalue weighted by Gasteiger charge is 2.36. The summed E-state index contributed by atoms with van der Waals surface area (Å²) in [6.45, 7) is 0.887. The fourth-order valence-electron chi connectivity index (χ4n) is 6.08. The SMILES string of the molecule is O=C(C1CCCCCCCCC1)N1CCC[C@H]1c1ncn(C2CCCCCCCC2)n1. The molecule has 5 heteroatoms. The third-order valence-electron chi connectivity index (χ3n) is 8.01. The Morgan fingerprint density at radius 3 is 1.87 bits per heavy atom. The van der Waals surface area contributed by atoms with Crippen molar-refractivity contribution in [3.8, 4) is 0 Å². The fraction of sp³-hybridized carbons (Fsp3) is 0.885. The van der Waals surface area contributed by atoms with Crippen molar-refractivity contribution in [2.45, 2.75) is 134 Å². The number of carbonyl (C=O) groups excluding carboxylic acids is 1. The van der Waals surface area contributed by atoms with E-state index in [4.69, 9.17) is 10.1 Å². The third-order valence-corrected chi connectivity index (χ3v) is 8.01. The molecule has 0 spiro atoms. The molecule has 1 saturated heterocycles. The van der Waals surface area contributed by atoms with Gasteiger partial charge in [-0.2, -0.15) is 5.10 Å². The second-order valence-corrected chi connectivity index (χ2v) is 10.4. The smallest absolute Gasteiger partial charge is 0.226 e. The van der Waals surface area contributed by atoms with Gasteiger partial charge in [0.15, 0.2) is 5.82 Å². The molecule has 1 aromatic heterocycles. The van der Waals surface area contributed by atoms with Gasteiger partial charge in [-0.1, -0.05) is 83.5 Å². The first-order chi connectivity index (χ1) is 15.3. The van der Waals surface area contributed by atoms with Gasteiger partial charge in [-0.15, -0.1) is 0 Å². The Morgan fingerprint density at radius 2 is 1.26 bits per heavy atom. The molecule has 2 heterocycles. The Labute approximate surface area is 189 Å². The maximum atomic E-state index is 13.5. The summed E-state index contributed by atoms with van der Waals surface area (Å²) in [5, 5.41) is 4.97. The van der Waals surface area contributed by atoms with E-state index in [9.17, 15) is 4.79 Å². The summed E-state index contributed by atoms with van der Waals surface area (Å²) in [6, 6.07) is 0.587. The molecule has 3 aliphatic rings. The Bertz CT molecular complexity index is 652. The molecule has 5 nitrogen and oxygen atoms in total. The standard InChI is InChI=1S/C26H44N4O/c31-26(22-15-10-6-2-1-3-7-11-16-22)29-20-14-19-24(29)25-27-21-30(28-25)23-17-12-8-4-5-9-13-18-23/h21-24H,1-20H2/t24-/m0/s1. The van der Waals surface area contributed by atoms with Gasteiger partial charge in [0.2, 0.25) is 5.91 Å². The Balaban J connectivity index is 1.41. The van der Waals surface area contributed by atoms with Gasteiger partial charge in [0.25, 0.3) is 0 Å². The number of likely N-dealkylation sites (tertiary alicyclic amines) is 1. The van der Waals surface area contributed by atoms with Crippen LogP contribution in [0.5, 0.6) is 0 Å². The van der Waals surface area contributed by atoms with Crippen molar-refractivity contribution in [3.05, 3.63) is 12.2 Å². The lowest BCUT2D eigenvalue weighted by Gasteiger charge is -2.28. The van der Waals surface area contributed by atoms with Crippen molar-refractivity contribution < 1.29 is 4.79 Å². The van der Waals surface area contributed by atoms with E-state index in [1.807, 2.05) is 6.33 Å². The Hall–Kier alpha value is -1.39. The second-order valence-electron chi connectivity index (χ2n) is 10.4. The van der Waals surface area contributed by atoms with Crippen LogP contribution >= 0.6 is 0 Å². The molecule has 0 bridgehead atoms. The van der Waals surface area contributed by atoms with Crippen molar-refractivity contribution in [2.24, 2.45) is 5.92 Å². The van der Waals surface area contributed by atoms with Crippen LogP contribution in [0.4, 0.5) is 0 Å². The van der Waals surface area contributed by atoms with Gasteiger partial charge in [0, 0.05) is 12.5 Å². The van der Waals surface area contributed by atoms with Crippen LogP contribution in [-0.2, 0) is 4.79 Å². The number of aromatic nitrogens is 3. The summed E-state index contributed by atoms with van der Waals surface area (Å²) in [5.74, 6) is 1.50. The number of amides is 1. The summed E-state index contributed by atoms with van der Waals surface area (Å²) < 4.78 is 2.14. The maximum Gasteiger partial charge on any atom is 0.226 e. The molecule has 0 unspecified atom stereocenters. The van der Waals surface area contributed by atoms with Crippen LogP contribution in [0.3, 0.4) is 0 Å². The lowest BCUT2D eigenvalue weighted by atomic mass is 9.91. The summed E-state index contributed by atoms with van der Waals surface area (Å²) in [7, 11) is 0. The van der Waals surface area contributed by atoms with Crippen molar-refractivity contribution in [3.63, 3.8) is 0 Å². The molecule has 0 N–H and O–H groups in total. The van der Waals surface area contributed by atoms with Crippen LogP contribution < -0.4 is 0 Å². The van der Waals surface area contributed by atoms with Crippen LogP contribution in [0.2, 0.25) is 0 Å². The zero-order valence-electron chi connectivity index (χ0n) is 19.6. The lowest BCUT2D eigenvalue weighted by Crippen LogP contribution is -2.36. The number of nitrogens with zero attached hydrogens (tertiary/aromatic N) is 4. The van der Waals surface area contributed by atoms with Crippen LogP contribution in [0.15, 0.2) is 6.33 Å². The van der Waals surface area contributed by atoms with Gasteiger partial charge in [-0.05, 0) is 38.5 Å². The maximum absolute atomic E-state index is 13.5. The number of hydrogen-bond acceptors (Lipinski definition) is 3. The molecular formula is C26H44N4O. The van der Waals surface area contributed by atoms with Crippen molar-refractivity contribution in [1.29, 1.82) is 0 Å². The molecule has 0 radical (unpaired) electrons. The first-order valence-corrected chi connectivity index (χ1v) is 13.5. The molecular weight excluding hydrogens is 384 g/mol. The zero-order valence-corrected chi connectivity index (χ0v) is 19.6. The van der Waals surface area contributed by atoms with Crippen LogP contribution in [0.25, 0.3) is 0 Å². The third kappa shape index (κ3) is 6.32.